The first-order valence-electron chi connectivity index (χ1n) is 5.25. The van der Waals surface area contributed by atoms with E-state index in [1.807, 2.05) is 0 Å². The molecular formula is C10H12ClF2N3O2. The molecule has 0 spiro atoms. The summed E-state index contributed by atoms with van der Waals surface area (Å²) in [5.74, 6) is -2.75. The van der Waals surface area contributed by atoms with Gasteiger partial charge in [0.15, 0.2) is 5.69 Å². The molecule has 0 radical (unpaired) electrons. The Morgan fingerprint density at radius 2 is 2.17 bits per heavy atom. The molecule has 0 saturated carbocycles. The van der Waals surface area contributed by atoms with Crippen molar-refractivity contribution in [3.63, 3.8) is 0 Å². The first kappa shape index (κ1) is 13.3. The Kier molecular flexibility index (Phi) is 3.33. The summed E-state index contributed by atoms with van der Waals surface area (Å²) in [6.07, 6.45) is -0.246. The lowest BCUT2D eigenvalue weighted by atomic mass is 10.2. The number of benzene rings is 1. The molecule has 1 aliphatic rings. The predicted octanol–water partition coefficient (Wildman–Crippen LogP) is 1.17. The molecule has 18 heavy (non-hydrogen) atoms. The van der Waals surface area contributed by atoms with Crippen molar-refractivity contribution in [2.45, 2.75) is 12.3 Å². The van der Waals surface area contributed by atoms with Crippen molar-refractivity contribution in [2.24, 2.45) is 0 Å². The highest BCUT2D eigenvalue weighted by Gasteiger charge is 2.39. The normalized spacial score (nSPS) is 20.2. The van der Waals surface area contributed by atoms with Gasteiger partial charge >= 0.3 is 0 Å². The summed E-state index contributed by atoms with van der Waals surface area (Å²) in [6, 6.07) is 2.51. The van der Waals surface area contributed by atoms with Crippen LogP contribution in [0, 0.1) is 5.21 Å². The molecule has 2 rings (SSSR count). The molecule has 1 aromatic carbocycles. The minimum atomic E-state index is -2.75. The predicted molar refractivity (Wildman–Crippen MR) is 63.4 cm³/mol. The van der Waals surface area contributed by atoms with Gasteiger partial charge in [-0.1, -0.05) is 11.6 Å². The Morgan fingerprint density at radius 1 is 1.50 bits per heavy atom. The Morgan fingerprint density at radius 3 is 2.67 bits per heavy atom. The zero-order valence-corrected chi connectivity index (χ0v) is 10.0. The van der Waals surface area contributed by atoms with Crippen LogP contribution in [0.2, 0.25) is 5.02 Å². The van der Waals surface area contributed by atoms with Crippen molar-refractivity contribution in [1.29, 1.82) is 0 Å². The van der Waals surface area contributed by atoms with Gasteiger partial charge < -0.3 is 15.8 Å². The third kappa shape index (κ3) is 2.49. The zero-order valence-electron chi connectivity index (χ0n) is 9.29. The molecular weight excluding hydrogens is 268 g/mol. The summed E-state index contributed by atoms with van der Waals surface area (Å²) in [6.45, 7) is -0.267. The van der Waals surface area contributed by atoms with E-state index < -0.39 is 17.7 Å². The first-order chi connectivity index (χ1) is 8.30. The molecule has 1 fully saturated rings. The van der Waals surface area contributed by atoms with E-state index in [2.05, 4.69) is 0 Å². The fourth-order valence-electron chi connectivity index (χ4n) is 1.95. The summed E-state index contributed by atoms with van der Waals surface area (Å²) in [5.41, 5.74) is 5.80. The van der Waals surface area contributed by atoms with E-state index in [0.29, 0.717) is 5.69 Å². The molecule has 1 aromatic rings. The van der Waals surface area contributed by atoms with Crippen LogP contribution in [0.25, 0.3) is 0 Å². The fraction of sp³-hybridized carbons (Fsp3) is 0.400. The SMILES string of the molecule is Nc1cc(N2CCC(F)(F)C2)c(Cl)cc1[NH+]([O-])O. The van der Waals surface area contributed by atoms with Crippen molar-refractivity contribution in [2.75, 3.05) is 23.7 Å². The maximum atomic E-state index is 13.1. The van der Waals surface area contributed by atoms with Crippen LogP contribution in [0.5, 0.6) is 0 Å². The van der Waals surface area contributed by atoms with Gasteiger partial charge in [0.25, 0.3) is 5.92 Å². The standard InChI is InChI=1S/C10H12ClF2N3O2/c11-6-3-9(16(17)18)7(14)4-8(6)15-2-1-10(12,13)5-15/h3-4,16-17H,1-2,5,14H2. The van der Waals surface area contributed by atoms with E-state index in [-0.39, 0.29) is 29.4 Å². The number of hydrogen-bond acceptors (Lipinski definition) is 4. The number of alkyl halides is 2. The third-order valence-corrected chi connectivity index (χ3v) is 3.16. The molecule has 5 nitrogen and oxygen atoms in total. The van der Waals surface area contributed by atoms with E-state index in [0.717, 1.165) is 0 Å². The van der Waals surface area contributed by atoms with Gasteiger partial charge in [-0.2, -0.15) is 5.23 Å². The van der Waals surface area contributed by atoms with Gasteiger partial charge in [-0.05, 0) is 6.07 Å². The van der Waals surface area contributed by atoms with E-state index in [1.54, 1.807) is 0 Å². The molecule has 0 aliphatic carbocycles. The van der Waals surface area contributed by atoms with E-state index in [1.165, 1.54) is 17.0 Å². The van der Waals surface area contributed by atoms with Crippen LogP contribution in [-0.2, 0) is 0 Å². The monoisotopic (exact) mass is 279 g/mol. The number of anilines is 2. The Labute approximate surface area is 107 Å². The second-order valence-corrected chi connectivity index (χ2v) is 4.63. The molecule has 0 bridgehead atoms. The van der Waals surface area contributed by atoms with Crippen LogP contribution in [0.15, 0.2) is 12.1 Å². The lowest BCUT2D eigenvalue weighted by Gasteiger charge is -2.22. The number of nitrogens with one attached hydrogen (secondary N) is 1. The molecule has 1 unspecified atom stereocenters. The molecule has 0 aromatic heterocycles. The second-order valence-electron chi connectivity index (χ2n) is 4.22. The van der Waals surface area contributed by atoms with Gasteiger partial charge in [0.1, 0.15) is 0 Å². The minimum Gasteiger partial charge on any atom is -0.595 e. The van der Waals surface area contributed by atoms with Crippen LogP contribution in [0.3, 0.4) is 0 Å². The highest BCUT2D eigenvalue weighted by atomic mass is 35.5. The third-order valence-electron chi connectivity index (χ3n) is 2.86. The molecule has 1 saturated heterocycles. The molecule has 8 heteroatoms. The van der Waals surface area contributed by atoms with E-state index in [4.69, 9.17) is 22.5 Å². The van der Waals surface area contributed by atoms with Crippen molar-refractivity contribution in [1.82, 2.24) is 0 Å². The van der Waals surface area contributed by atoms with Crippen molar-refractivity contribution in [3.05, 3.63) is 22.4 Å². The summed E-state index contributed by atoms with van der Waals surface area (Å²) in [4.78, 5) is 1.41. The quantitative estimate of drug-likeness (QED) is 0.561. The van der Waals surface area contributed by atoms with Crippen molar-refractivity contribution >= 4 is 28.7 Å². The van der Waals surface area contributed by atoms with Gasteiger partial charge in [-0.15, -0.1) is 0 Å². The van der Waals surface area contributed by atoms with Crippen LogP contribution < -0.4 is 15.9 Å². The highest BCUT2D eigenvalue weighted by Crippen LogP contribution is 2.37. The number of quaternary nitrogens is 1. The van der Waals surface area contributed by atoms with E-state index >= 15 is 0 Å². The zero-order chi connectivity index (χ0) is 13.5. The molecule has 1 atom stereocenters. The maximum Gasteiger partial charge on any atom is 0.266 e. The Bertz CT molecular complexity index is 471. The molecule has 1 heterocycles. The lowest BCUT2D eigenvalue weighted by molar-refractivity contribution is -0.990. The number of halogens is 3. The Hall–Kier alpha value is -1.15. The summed E-state index contributed by atoms with van der Waals surface area (Å²) < 4.78 is 26.2. The number of hydrogen-bond donors (Lipinski definition) is 3. The van der Waals surface area contributed by atoms with Crippen LogP contribution in [-0.4, -0.2) is 24.2 Å². The van der Waals surface area contributed by atoms with Gasteiger partial charge in [0.05, 0.1) is 22.9 Å². The molecule has 1 aliphatic heterocycles. The average molecular weight is 280 g/mol. The van der Waals surface area contributed by atoms with Crippen molar-refractivity contribution < 1.29 is 19.2 Å². The molecule has 100 valence electrons. The average Bonchev–Trinajstić information content (AvgIpc) is 2.61. The second kappa shape index (κ2) is 4.51. The minimum absolute atomic E-state index is 0.0112. The Balaban J connectivity index is 2.33. The molecule has 0 amide bonds. The number of nitrogens with two attached hydrogens (primary N) is 1. The highest BCUT2D eigenvalue weighted by molar-refractivity contribution is 6.33. The van der Waals surface area contributed by atoms with Gasteiger partial charge in [0, 0.05) is 19.0 Å². The van der Waals surface area contributed by atoms with Gasteiger partial charge in [-0.25, -0.2) is 14.0 Å². The van der Waals surface area contributed by atoms with Crippen molar-refractivity contribution in [3.8, 4) is 0 Å². The van der Waals surface area contributed by atoms with Gasteiger partial charge in [0.2, 0.25) is 0 Å². The van der Waals surface area contributed by atoms with Crippen LogP contribution >= 0.6 is 11.6 Å². The van der Waals surface area contributed by atoms with Gasteiger partial charge in [-0.3, -0.25) is 0 Å². The summed E-state index contributed by atoms with van der Waals surface area (Å²) >= 11 is 5.91. The smallest absolute Gasteiger partial charge is 0.266 e. The largest absolute Gasteiger partial charge is 0.595 e. The molecule has 4 N–H and O–H groups in total. The first-order valence-corrected chi connectivity index (χ1v) is 5.63. The van der Waals surface area contributed by atoms with E-state index in [9.17, 15) is 14.0 Å². The topological polar surface area (TPSA) is 77.0 Å². The summed E-state index contributed by atoms with van der Waals surface area (Å²) in [5, 5.41) is 18.6. The maximum absolute atomic E-state index is 13.1. The number of rotatable bonds is 2. The van der Waals surface area contributed by atoms with Crippen LogP contribution in [0.1, 0.15) is 6.42 Å². The van der Waals surface area contributed by atoms with Crippen LogP contribution in [0.4, 0.5) is 25.8 Å². The number of nitrogen functional groups attached to an aromatic ring is 1. The lowest BCUT2D eigenvalue weighted by Crippen LogP contribution is -2.99. The number of nitrogens with zero attached hydrogens (tertiary/aromatic N) is 1. The fourth-order valence-corrected chi connectivity index (χ4v) is 2.23. The summed E-state index contributed by atoms with van der Waals surface area (Å²) in [7, 11) is 0.